The molecule has 0 spiro atoms. The summed E-state index contributed by atoms with van der Waals surface area (Å²) >= 11 is 0. The highest BCUT2D eigenvalue weighted by Gasteiger charge is 2.19. The first-order valence-corrected chi connectivity index (χ1v) is 6.45. The number of hydrogen-bond acceptors (Lipinski definition) is 2. The van der Waals surface area contributed by atoms with Gasteiger partial charge in [0, 0.05) is 12.6 Å². The molecule has 1 aliphatic rings. The van der Waals surface area contributed by atoms with Crippen molar-refractivity contribution in [2.24, 2.45) is 0 Å². The molecule has 0 bridgehead atoms. The molecular weight excluding hydrogens is 215 g/mol. The fourth-order valence-corrected chi connectivity index (χ4v) is 1.86. The third kappa shape index (κ3) is 4.44. The summed E-state index contributed by atoms with van der Waals surface area (Å²) in [6.07, 6.45) is 3.82. The van der Waals surface area contributed by atoms with Gasteiger partial charge in [0.2, 0.25) is 0 Å². The van der Waals surface area contributed by atoms with Crippen LogP contribution in [0.15, 0.2) is 18.2 Å². The van der Waals surface area contributed by atoms with Gasteiger partial charge in [-0.2, -0.15) is 0 Å². The lowest BCUT2D eigenvalue weighted by atomic mass is 10.1. The zero-order valence-corrected chi connectivity index (χ0v) is 10.4. The Bertz CT molecular complexity index is 361. The van der Waals surface area contributed by atoms with Crippen LogP contribution in [0, 0.1) is 12.7 Å². The maximum atomic E-state index is 13.0. The van der Waals surface area contributed by atoms with E-state index >= 15 is 0 Å². The lowest BCUT2D eigenvalue weighted by Crippen LogP contribution is -2.23. The van der Waals surface area contributed by atoms with E-state index in [-0.39, 0.29) is 5.82 Å². The molecule has 0 aliphatic heterocycles. The van der Waals surface area contributed by atoms with E-state index in [4.69, 9.17) is 0 Å². The lowest BCUT2D eigenvalue weighted by molar-refractivity contribution is 0.587. The molecule has 0 radical (unpaired) electrons. The van der Waals surface area contributed by atoms with Crippen LogP contribution >= 0.6 is 0 Å². The van der Waals surface area contributed by atoms with Gasteiger partial charge in [0.25, 0.3) is 0 Å². The fourth-order valence-electron chi connectivity index (χ4n) is 1.86. The summed E-state index contributed by atoms with van der Waals surface area (Å²) in [6.45, 7) is 4.84. The van der Waals surface area contributed by atoms with Crippen molar-refractivity contribution in [1.82, 2.24) is 10.6 Å². The van der Waals surface area contributed by atoms with Crippen molar-refractivity contribution >= 4 is 0 Å². The number of benzene rings is 1. The molecule has 0 aromatic heterocycles. The SMILES string of the molecule is Cc1ccc(F)cc1CNCCCNC1CC1. The molecule has 0 saturated heterocycles. The summed E-state index contributed by atoms with van der Waals surface area (Å²) in [4.78, 5) is 0. The molecular formula is C14H21FN2. The standard InChI is InChI=1S/C14H21FN2/c1-11-3-4-13(15)9-12(11)10-16-7-2-8-17-14-5-6-14/h3-4,9,14,16-17H,2,5-8,10H2,1H3. The molecule has 1 aromatic rings. The molecule has 2 nitrogen and oxygen atoms in total. The zero-order valence-electron chi connectivity index (χ0n) is 10.4. The normalized spacial score (nSPS) is 15.2. The summed E-state index contributed by atoms with van der Waals surface area (Å²) in [5.74, 6) is -0.150. The summed E-state index contributed by atoms with van der Waals surface area (Å²) in [5.41, 5.74) is 2.20. The monoisotopic (exact) mass is 236 g/mol. The summed E-state index contributed by atoms with van der Waals surface area (Å²) in [6, 6.07) is 5.75. The molecule has 0 atom stereocenters. The Morgan fingerprint density at radius 2 is 2.12 bits per heavy atom. The predicted molar refractivity (Wildman–Crippen MR) is 68.5 cm³/mol. The molecule has 0 unspecified atom stereocenters. The van der Waals surface area contributed by atoms with Gasteiger partial charge in [-0.25, -0.2) is 4.39 Å². The highest BCUT2D eigenvalue weighted by atomic mass is 19.1. The Kier molecular flexibility index (Phi) is 4.51. The van der Waals surface area contributed by atoms with Crippen molar-refractivity contribution < 1.29 is 4.39 Å². The molecule has 17 heavy (non-hydrogen) atoms. The summed E-state index contributed by atoms with van der Waals surface area (Å²) < 4.78 is 13.0. The van der Waals surface area contributed by atoms with E-state index in [1.807, 2.05) is 13.0 Å². The van der Waals surface area contributed by atoms with Crippen LogP contribution < -0.4 is 10.6 Å². The van der Waals surface area contributed by atoms with E-state index in [1.165, 1.54) is 18.9 Å². The van der Waals surface area contributed by atoms with Gasteiger partial charge in [-0.3, -0.25) is 0 Å². The molecule has 1 aliphatic carbocycles. The van der Waals surface area contributed by atoms with Crippen LogP contribution in [0.5, 0.6) is 0 Å². The minimum atomic E-state index is -0.150. The molecule has 2 N–H and O–H groups in total. The van der Waals surface area contributed by atoms with Crippen molar-refractivity contribution in [3.8, 4) is 0 Å². The maximum absolute atomic E-state index is 13.0. The van der Waals surface area contributed by atoms with Gasteiger partial charge in [-0.1, -0.05) is 6.07 Å². The molecule has 1 saturated carbocycles. The minimum Gasteiger partial charge on any atom is -0.314 e. The van der Waals surface area contributed by atoms with E-state index in [2.05, 4.69) is 10.6 Å². The number of hydrogen-bond donors (Lipinski definition) is 2. The predicted octanol–water partition coefficient (Wildman–Crippen LogP) is 2.37. The van der Waals surface area contributed by atoms with Gasteiger partial charge in [0.15, 0.2) is 0 Å². The molecule has 1 fully saturated rings. The van der Waals surface area contributed by atoms with Gasteiger partial charge in [-0.15, -0.1) is 0 Å². The second-order valence-corrected chi connectivity index (χ2v) is 4.83. The third-order valence-corrected chi connectivity index (χ3v) is 3.17. The molecule has 0 amide bonds. The number of halogens is 1. The van der Waals surface area contributed by atoms with Crippen LogP contribution in [-0.2, 0) is 6.54 Å². The number of aryl methyl sites for hydroxylation is 1. The average molecular weight is 236 g/mol. The van der Waals surface area contributed by atoms with E-state index in [0.29, 0.717) is 0 Å². The van der Waals surface area contributed by atoms with Crippen LogP contribution in [0.1, 0.15) is 30.4 Å². The van der Waals surface area contributed by atoms with E-state index in [0.717, 1.165) is 43.2 Å². The number of rotatable bonds is 7. The molecule has 3 heteroatoms. The quantitative estimate of drug-likeness (QED) is 0.710. The Hall–Kier alpha value is -0.930. The van der Waals surface area contributed by atoms with Crippen molar-refractivity contribution in [2.75, 3.05) is 13.1 Å². The van der Waals surface area contributed by atoms with E-state index in [1.54, 1.807) is 6.07 Å². The second kappa shape index (κ2) is 6.12. The van der Waals surface area contributed by atoms with Crippen molar-refractivity contribution in [1.29, 1.82) is 0 Å². The van der Waals surface area contributed by atoms with Gasteiger partial charge in [-0.05, 0) is 62.5 Å². The maximum Gasteiger partial charge on any atom is 0.123 e. The van der Waals surface area contributed by atoms with Gasteiger partial charge in [0.05, 0.1) is 0 Å². The molecule has 94 valence electrons. The van der Waals surface area contributed by atoms with Crippen LogP contribution in [-0.4, -0.2) is 19.1 Å². The molecule has 1 aromatic carbocycles. The zero-order chi connectivity index (χ0) is 12.1. The summed E-state index contributed by atoms with van der Waals surface area (Å²) in [5, 5.41) is 6.83. The van der Waals surface area contributed by atoms with Crippen molar-refractivity contribution in [3.63, 3.8) is 0 Å². The average Bonchev–Trinajstić information content (AvgIpc) is 3.11. The fraction of sp³-hybridized carbons (Fsp3) is 0.571. The first-order valence-electron chi connectivity index (χ1n) is 6.45. The van der Waals surface area contributed by atoms with Crippen molar-refractivity contribution in [2.45, 2.75) is 38.8 Å². The molecule has 2 rings (SSSR count). The Morgan fingerprint density at radius 3 is 2.88 bits per heavy atom. The summed E-state index contributed by atoms with van der Waals surface area (Å²) in [7, 11) is 0. The smallest absolute Gasteiger partial charge is 0.123 e. The largest absolute Gasteiger partial charge is 0.314 e. The highest BCUT2D eigenvalue weighted by Crippen LogP contribution is 2.18. The highest BCUT2D eigenvalue weighted by molar-refractivity contribution is 5.26. The van der Waals surface area contributed by atoms with Crippen LogP contribution in [0.2, 0.25) is 0 Å². The minimum absolute atomic E-state index is 0.150. The van der Waals surface area contributed by atoms with Crippen LogP contribution in [0.25, 0.3) is 0 Å². The van der Waals surface area contributed by atoms with Crippen LogP contribution in [0.4, 0.5) is 4.39 Å². The first-order chi connectivity index (χ1) is 8.25. The van der Waals surface area contributed by atoms with Gasteiger partial charge < -0.3 is 10.6 Å². The van der Waals surface area contributed by atoms with Gasteiger partial charge in [0.1, 0.15) is 5.82 Å². The van der Waals surface area contributed by atoms with Crippen LogP contribution in [0.3, 0.4) is 0 Å². The van der Waals surface area contributed by atoms with Gasteiger partial charge >= 0.3 is 0 Å². The molecule has 0 heterocycles. The third-order valence-electron chi connectivity index (χ3n) is 3.17. The Balaban J connectivity index is 1.61. The number of nitrogens with one attached hydrogen (secondary N) is 2. The van der Waals surface area contributed by atoms with E-state index < -0.39 is 0 Å². The Morgan fingerprint density at radius 1 is 1.29 bits per heavy atom. The second-order valence-electron chi connectivity index (χ2n) is 4.83. The first kappa shape index (κ1) is 12.5. The topological polar surface area (TPSA) is 24.1 Å². The van der Waals surface area contributed by atoms with Crippen molar-refractivity contribution in [3.05, 3.63) is 35.1 Å². The Labute approximate surface area is 103 Å². The lowest BCUT2D eigenvalue weighted by Gasteiger charge is -2.08. The van der Waals surface area contributed by atoms with E-state index in [9.17, 15) is 4.39 Å².